The molecule has 1 amide bonds. The number of ether oxygens (including phenoxy) is 1. The van der Waals surface area contributed by atoms with Gasteiger partial charge in [-0.05, 0) is 18.2 Å². The lowest BCUT2D eigenvalue weighted by Crippen LogP contribution is -2.17. The van der Waals surface area contributed by atoms with E-state index in [9.17, 15) is 4.79 Å². The third-order valence-electron chi connectivity index (χ3n) is 2.56. The van der Waals surface area contributed by atoms with E-state index >= 15 is 0 Å². The van der Waals surface area contributed by atoms with Crippen molar-refractivity contribution in [2.45, 2.75) is 0 Å². The lowest BCUT2D eigenvalue weighted by Gasteiger charge is -2.09. The first-order valence-corrected chi connectivity index (χ1v) is 5.41. The minimum atomic E-state index is -0.143. The van der Waals surface area contributed by atoms with Gasteiger partial charge in [0, 0.05) is 36.1 Å². The van der Waals surface area contributed by atoms with E-state index in [-0.39, 0.29) is 5.91 Å². The number of carbonyl (C=O) groups excluding carboxylic acids is 1. The normalized spacial score (nSPS) is 9.89. The second-order valence-corrected chi connectivity index (χ2v) is 3.62. The molecule has 0 fully saturated rings. The Morgan fingerprint density at radius 1 is 1.28 bits per heavy atom. The second-order valence-electron chi connectivity index (χ2n) is 3.62. The van der Waals surface area contributed by atoms with E-state index in [1.807, 2.05) is 0 Å². The third kappa shape index (κ3) is 2.29. The molecule has 5 nitrogen and oxygen atoms in total. The number of carbonyl (C=O) groups is 1. The molecule has 0 aliphatic carbocycles. The topological polar surface area (TPSA) is 64.1 Å². The Bertz CT molecular complexity index is 555. The maximum atomic E-state index is 11.6. The van der Waals surface area contributed by atoms with E-state index in [4.69, 9.17) is 4.74 Å². The van der Waals surface area contributed by atoms with Crippen molar-refractivity contribution in [1.82, 2.24) is 15.3 Å². The molecule has 0 radical (unpaired) electrons. The molecule has 0 aliphatic heterocycles. The Kier molecular flexibility index (Phi) is 3.52. The summed E-state index contributed by atoms with van der Waals surface area (Å²) in [5.74, 6) is 0.535. The second kappa shape index (κ2) is 5.27. The Labute approximate surface area is 105 Å². The van der Waals surface area contributed by atoms with E-state index in [1.165, 1.54) is 6.33 Å². The molecule has 1 N–H and O–H groups in total. The fourth-order valence-corrected chi connectivity index (χ4v) is 1.66. The van der Waals surface area contributed by atoms with Crippen LogP contribution in [0, 0.1) is 0 Å². The van der Waals surface area contributed by atoms with Crippen LogP contribution in [0.15, 0.2) is 36.9 Å². The largest absolute Gasteiger partial charge is 0.496 e. The van der Waals surface area contributed by atoms with E-state index in [1.54, 1.807) is 44.8 Å². The van der Waals surface area contributed by atoms with Gasteiger partial charge in [0.2, 0.25) is 0 Å². The molecule has 0 spiro atoms. The zero-order valence-electron chi connectivity index (χ0n) is 10.2. The highest BCUT2D eigenvalue weighted by atomic mass is 16.5. The predicted molar refractivity (Wildman–Crippen MR) is 67.4 cm³/mol. The van der Waals surface area contributed by atoms with Gasteiger partial charge >= 0.3 is 0 Å². The fourth-order valence-electron chi connectivity index (χ4n) is 1.66. The number of amides is 1. The van der Waals surface area contributed by atoms with Crippen molar-refractivity contribution in [1.29, 1.82) is 0 Å². The van der Waals surface area contributed by atoms with Crippen molar-refractivity contribution < 1.29 is 9.53 Å². The first-order chi connectivity index (χ1) is 8.76. The molecule has 0 saturated heterocycles. The minimum absolute atomic E-state index is 0.143. The molecular weight excluding hydrogens is 230 g/mol. The zero-order chi connectivity index (χ0) is 13.0. The highest BCUT2D eigenvalue weighted by Crippen LogP contribution is 2.29. The highest BCUT2D eigenvalue weighted by Gasteiger charge is 2.10. The van der Waals surface area contributed by atoms with E-state index < -0.39 is 0 Å². The van der Waals surface area contributed by atoms with Crippen LogP contribution in [-0.4, -0.2) is 30.0 Å². The maximum Gasteiger partial charge on any atom is 0.251 e. The van der Waals surface area contributed by atoms with Crippen LogP contribution in [0.3, 0.4) is 0 Å². The molecule has 0 aliphatic rings. The SMILES string of the molecule is CNC(=O)c1ccc(OC)c(-c2cncnc2)c1. The molecule has 92 valence electrons. The van der Waals surface area contributed by atoms with Crippen molar-refractivity contribution >= 4 is 5.91 Å². The van der Waals surface area contributed by atoms with Crippen LogP contribution < -0.4 is 10.1 Å². The average Bonchev–Trinajstić information content (AvgIpc) is 2.46. The molecule has 0 atom stereocenters. The lowest BCUT2D eigenvalue weighted by molar-refractivity contribution is 0.0963. The Morgan fingerprint density at radius 3 is 2.61 bits per heavy atom. The summed E-state index contributed by atoms with van der Waals surface area (Å²) in [5, 5.41) is 2.59. The Morgan fingerprint density at radius 2 is 2.00 bits per heavy atom. The Balaban J connectivity index is 2.53. The number of aromatic nitrogens is 2. The molecule has 18 heavy (non-hydrogen) atoms. The molecule has 1 heterocycles. The summed E-state index contributed by atoms with van der Waals surface area (Å²) >= 11 is 0. The van der Waals surface area contributed by atoms with E-state index in [0.717, 1.165) is 11.1 Å². The first kappa shape index (κ1) is 12.0. The number of nitrogens with one attached hydrogen (secondary N) is 1. The van der Waals surface area contributed by atoms with Crippen molar-refractivity contribution in [3.63, 3.8) is 0 Å². The molecular formula is C13H13N3O2. The van der Waals surface area contributed by atoms with E-state index in [2.05, 4.69) is 15.3 Å². The molecule has 1 aromatic heterocycles. The molecule has 0 unspecified atom stereocenters. The fraction of sp³-hybridized carbons (Fsp3) is 0.154. The van der Waals surface area contributed by atoms with Gasteiger partial charge in [-0.15, -0.1) is 0 Å². The van der Waals surface area contributed by atoms with Gasteiger partial charge in [-0.25, -0.2) is 9.97 Å². The van der Waals surface area contributed by atoms with Gasteiger partial charge in [0.1, 0.15) is 12.1 Å². The number of benzene rings is 1. The van der Waals surface area contributed by atoms with Crippen molar-refractivity contribution in [3.8, 4) is 16.9 Å². The summed E-state index contributed by atoms with van der Waals surface area (Å²) in [5.41, 5.74) is 2.16. The lowest BCUT2D eigenvalue weighted by atomic mass is 10.0. The summed E-state index contributed by atoms with van der Waals surface area (Å²) in [6, 6.07) is 5.23. The number of hydrogen-bond donors (Lipinski definition) is 1. The van der Waals surface area contributed by atoms with Crippen LogP contribution >= 0.6 is 0 Å². The molecule has 1 aromatic carbocycles. The monoisotopic (exact) mass is 243 g/mol. The summed E-state index contributed by atoms with van der Waals surface area (Å²) < 4.78 is 5.28. The van der Waals surface area contributed by atoms with Crippen LogP contribution in [0.25, 0.3) is 11.1 Å². The smallest absolute Gasteiger partial charge is 0.251 e. The van der Waals surface area contributed by atoms with Crippen LogP contribution in [0.5, 0.6) is 5.75 Å². The summed E-state index contributed by atoms with van der Waals surface area (Å²) in [6.45, 7) is 0. The number of nitrogens with zero attached hydrogens (tertiary/aromatic N) is 2. The first-order valence-electron chi connectivity index (χ1n) is 5.41. The predicted octanol–water partition coefficient (Wildman–Crippen LogP) is 1.51. The van der Waals surface area contributed by atoms with Crippen LogP contribution in [0.2, 0.25) is 0 Å². The number of methoxy groups -OCH3 is 1. The van der Waals surface area contributed by atoms with Crippen molar-refractivity contribution in [2.24, 2.45) is 0 Å². The number of rotatable bonds is 3. The van der Waals surface area contributed by atoms with Crippen LogP contribution in [0.1, 0.15) is 10.4 Å². The van der Waals surface area contributed by atoms with Crippen molar-refractivity contribution in [2.75, 3.05) is 14.2 Å². The van der Waals surface area contributed by atoms with Gasteiger partial charge in [-0.1, -0.05) is 0 Å². The van der Waals surface area contributed by atoms with Gasteiger partial charge in [0.05, 0.1) is 7.11 Å². The molecule has 5 heteroatoms. The molecule has 0 bridgehead atoms. The summed E-state index contributed by atoms with van der Waals surface area (Å²) in [6.07, 6.45) is 4.82. The molecule has 0 saturated carbocycles. The minimum Gasteiger partial charge on any atom is -0.496 e. The van der Waals surface area contributed by atoms with Gasteiger partial charge in [-0.2, -0.15) is 0 Å². The quantitative estimate of drug-likeness (QED) is 0.887. The average molecular weight is 243 g/mol. The summed E-state index contributed by atoms with van der Waals surface area (Å²) in [4.78, 5) is 19.5. The van der Waals surface area contributed by atoms with Crippen molar-refractivity contribution in [3.05, 3.63) is 42.5 Å². The molecule has 2 aromatic rings. The van der Waals surface area contributed by atoms with Crippen LogP contribution in [-0.2, 0) is 0 Å². The molecule has 2 rings (SSSR count). The number of hydrogen-bond acceptors (Lipinski definition) is 4. The van der Waals surface area contributed by atoms with Crippen LogP contribution in [0.4, 0.5) is 0 Å². The third-order valence-corrected chi connectivity index (χ3v) is 2.56. The summed E-state index contributed by atoms with van der Waals surface area (Å²) in [7, 11) is 3.18. The zero-order valence-corrected chi connectivity index (χ0v) is 10.2. The maximum absolute atomic E-state index is 11.6. The standard InChI is InChI=1S/C13H13N3O2/c1-14-13(17)9-3-4-12(18-2)11(5-9)10-6-15-8-16-7-10/h3-8H,1-2H3,(H,14,17). The van der Waals surface area contributed by atoms with E-state index in [0.29, 0.717) is 11.3 Å². The van der Waals surface area contributed by atoms with Gasteiger partial charge in [0.25, 0.3) is 5.91 Å². The Hall–Kier alpha value is -2.43. The van der Waals surface area contributed by atoms with Gasteiger partial charge in [-0.3, -0.25) is 4.79 Å². The van der Waals surface area contributed by atoms with Gasteiger partial charge in [0.15, 0.2) is 0 Å². The van der Waals surface area contributed by atoms with Gasteiger partial charge < -0.3 is 10.1 Å². The highest BCUT2D eigenvalue weighted by molar-refractivity contribution is 5.95.